The number of aliphatic carboxylic acids is 1. The molecule has 2 amide bonds. The molecule has 0 saturated carbocycles. The topological polar surface area (TPSA) is 83.6 Å². The first-order valence-electron chi connectivity index (χ1n) is 4.19. The van der Waals surface area contributed by atoms with Gasteiger partial charge in [0.05, 0.1) is 4.87 Å². The quantitative estimate of drug-likeness (QED) is 0.678. The van der Waals surface area contributed by atoms with Gasteiger partial charge in [-0.3, -0.25) is 4.90 Å². The third-order valence-corrected chi connectivity index (χ3v) is 4.02. The van der Waals surface area contributed by atoms with Crippen molar-refractivity contribution in [2.45, 2.75) is 31.2 Å². The molecule has 1 rings (SSSR count). The Morgan fingerprint density at radius 3 is 2.21 bits per heavy atom. The van der Waals surface area contributed by atoms with Gasteiger partial charge in [-0.25, -0.2) is 9.59 Å². The fourth-order valence-electron chi connectivity index (χ4n) is 1.71. The highest BCUT2D eigenvalue weighted by Crippen LogP contribution is 2.44. The van der Waals surface area contributed by atoms with Gasteiger partial charge in [0.2, 0.25) is 0 Å². The SMILES string of the molecule is CC1(C)SCC(C)(C(=O)O)N1C(N)=O. The van der Waals surface area contributed by atoms with E-state index < -0.39 is 22.4 Å². The molecule has 0 radical (unpaired) electrons. The van der Waals surface area contributed by atoms with Gasteiger partial charge in [0.15, 0.2) is 0 Å². The van der Waals surface area contributed by atoms with E-state index in [4.69, 9.17) is 10.8 Å². The lowest BCUT2D eigenvalue weighted by molar-refractivity contribution is -0.147. The van der Waals surface area contributed by atoms with Crippen molar-refractivity contribution in [3.05, 3.63) is 0 Å². The van der Waals surface area contributed by atoms with Crippen molar-refractivity contribution in [1.29, 1.82) is 0 Å². The number of hydrogen-bond donors (Lipinski definition) is 2. The van der Waals surface area contributed by atoms with E-state index in [1.54, 1.807) is 13.8 Å². The van der Waals surface area contributed by atoms with E-state index in [1.165, 1.54) is 23.6 Å². The van der Waals surface area contributed by atoms with E-state index in [1.807, 2.05) is 0 Å². The number of carboxylic acids is 1. The Balaban J connectivity index is 3.13. The number of rotatable bonds is 1. The molecule has 0 aromatic rings. The highest BCUT2D eigenvalue weighted by molar-refractivity contribution is 8.00. The van der Waals surface area contributed by atoms with Crippen LogP contribution < -0.4 is 5.73 Å². The number of carbonyl (C=O) groups excluding carboxylic acids is 1. The van der Waals surface area contributed by atoms with Crippen LogP contribution >= 0.6 is 11.8 Å². The lowest BCUT2D eigenvalue weighted by Crippen LogP contribution is -2.59. The molecule has 1 unspecified atom stereocenters. The zero-order chi connectivity index (χ0) is 11.1. The van der Waals surface area contributed by atoms with Crippen molar-refractivity contribution in [2.24, 2.45) is 5.73 Å². The average molecular weight is 218 g/mol. The first-order valence-corrected chi connectivity index (χ1v) is 5.17. The molecule has 1 atom stereocenters. The number of hydrogen-bond acceptors (Lipinski definition) is 3. The largest absolute Gasteiger partial charge is 0.479 e. The zero-order valence-corrected chi connectivity index (χ0v) is 9.22. The van der Waals surface area contributed by atoms with E-state index >= 15 is 0 Å². The van der Waals surface area contributed by atoms with Crippen LogP contribution in [-0.4, -0.2) is 38.2 Å². The number of thioether (sulfide) groups is 1. The molecule has 5 nitrogen and oxygen atoms in total. The Morgan fingerprint density at radius 1 is 1.43 bits per heavy atom. The molecule has 0 aromatic heterocycles. The van der Waals surface area contributed by atoms with Gasteiger partial charge in [-0.05, 0) is 20.8 Å². The second-order valence-corrected chi connectivity index (χ2v) is 5.56. The molecule has 1 heterocycles. The summed E-state index contributed by atoms with van der Waals surface area (Å²) in [6.45, 7) is 5.09. The molecule has 1 saturated heterocycles. The maximum absolute atomic E-state index is 11.2. The molecule has 80 valence electrons. The maximum atomic E-state index is 11.2. The van der Waals surface area contributed by atoms with Crippen LogP contribution in [0.15, 0.2) is 0 Å². The van der Waals surface area contributed by atoms with E-state index in [0.717, 1.165) is 0 Å². The molecule has 0 aromatic carbocycles. The van der Waals surface area contributed by atoms with Gasteiger partial charge in [-0.2, -0.15) is 0 Å². The van der Waals surface area contributed by atoms with E-state index in [2.05, 4.69) is 0 Å². The van der Waals surface area contributed by atoms with Crippen LogP contribution in [0.4, 0.5) is 4.79 Å². The van der Waals surface area contributed by atoms with Crippen LogP contribution in [0, 0.1) is 0 Å². The average Bonchev–Trinajstić information content (AvgIpc) is 2.23. The number of nitrogens with two attached hydrogens (primary N) is 1. The van der Waals surface area contributed by atoms with Crippen LogP contribution in [0.1, 0.15) is 20.8 Å². The number of urea groups is 1. The molecular formula is C8H14N2O3S. The van der Waals surface area contributed by atoms with Crippen LogP contribution in [0.5, 0.6) is 0 Å². The molecule has 14 heavy (non-hydrogen) atoms. The predicted octanol–water partition coefficient (Wildman–Crippen LogP) is 0.693. The van der Waals surface area contributed by atoms with Gasteiger partial charge in [0.25, 0.3) is 0 Å². The summed E-state index contributed by atoms with van der Waals surface area (Å²) in [4.78, 5) is 22.9. The fourth-order valence-corrected chi connectivity index (χ4v) is 3.01. The van der Waals surface area contributed by atoms with Gasteiger partial charge in [0, 0.05) is 5.75 Å². The highest BCUT2D eigenvalue weighted by atomic mass is 32.2. The van der Waals surface area contributed by atoms with E-state index in [9.17, 15) is 9.59 Å². The lowest BCUT2D eigenvalue weighted by Gasteiger charge is -2.37. The monoisotopic (exact) mass is 218 g/mol. The normalized spacial score (nSPS) is 30.4. The van der Waals surface area contributed by atoms with Gasteiger partial charge in [-0.1, -0.05) is 0 Å². The maximum Gasteiger partial charge on any atom is 0.330 e. The first kappa shape index (κ1) is 11.2. The Labute approximate surface area is 86.6 Å². The molecule has 6 heteroatoms. The minimum atomic E-state index is -1.19. The summed E-state index contributed by atoms with van der Waals surface area (Å²) in [6, 6.07) is -0.690. The summed E-state index contributed by atoms with van der Waals surface area (Å²) in [6.07, 6.45) is 0. The standard InChI is InChI=1S/C8H14N2O3S/c1-7(2)10(6(9)13)8(3,4-14-7)5(11)12/h4H2,1-3H3,(H2,9,13)(H,11,12). The van der Waals surface area contributed by atoms with Crippen molar-refractivity contribution < 1.29 is 14.7 Å². The van der Waals surface area contributed by atoms with Gasteiger partial charge >= 0.3 is 12.0 Å². The molecule has 1 aliphatic heterocycles. The van der Waals surface area contributed by atoms with Crippen molar-refractivity contribution in [3.63, 3.8) is 0 Å². The summed E-state index contributed by atoms with van der Waals surface area (Å²) >= 11 is 1.42. The second kappa shape index (κ2) is 3.05. The van der Waals surface area contributed by atoms with Gasteiger partial charge in [0.1, 0.15) is 5.54 Å². The summed E-state index contributed by atoms with van der Waals surface area (Å²) < 4.78 is 0. The second-order valence-electron chi connectivity index (χ2n) is 3.99. The highest BCUT2D eigenvalue weighted by Gasteiger charge is 2.54. The number of nitrogens with zero attached hydrogens (tertiary/aromatic N) is 1. The summed E-state index contributed by atoms with van der Waals surface area (Å²) in [5.41, 5.74) is 4.00. The molecule has 0 bridgehead atoms. The van der Waals surface area contributed by atoms with Crippen molar-refractivity contribution in [3.8, 4) is 0 Å². The Kier molecular flexibility index (Phi) is 2.43. The van der Waals surface area contributed by atoms with Crippen LogP contribution in [0.25, 0.3) is 0 Å². The Bertz CT molecular complexity index is 292. The Hall–Kier alpha value is -0.910. The minimum Gasteiger partial charge on any atom is -0.479 e. The predicted molar refractivity (Wildman–Crippen MR) is 54.0 cm³/mol. The third kappa shape index (κ3) is 1.43. The van der Waals surface area contributed by atoms with Crippen molar-refractivity contribution in [2.75, 3.05) is 5.75 Å². The molecular weight excluding hydrogens is 204 g/mol. The number of amides is 2. The lowest BCUT2D eigenvalue weighted by atomic mass is 10.0. The van der Waals surface area contributed by atoms with Crippen molar-refractivity contribution >= 4 is 23.8 Å². The summed E-state index contributed by atoms with van der Waals surface area (Å²) in [5.74, 6) is -0.660. The van der Waals surface area contributed by atoms with Gasteiger partial charge < -0.3 is 10.8 Å². The van der Waals surface area contributed by atoms with E-state index in [0.29, 0.717) is 5.75 Å². The molecule has 0 aliphatic carbocycles. The first-order chi connectivity index (χ1) is 6.22. The Morgan fingerprint density at radius 2 is 1.93 bits per heavy atom. The zero-order valence-electron chi connectivity index (χ0n) is 8.40. The molecule has 3 N–H and O–H groups in total. The summed E-state index contributed by atoms with van der Waals surface area (Å²) in [7, 11) is 0. The smallest absolute Gasteiger partial charge is 0.330 e. The van der Waals surface area contributed by atoms with Crippen molar-refractivity contribution in [1.82, 2.24) is 4.90 Å². The number of carbonyl (C=O) groups is 2. The molecule has 1 fully saturated rings. The fraction of sp³-hybridized carbons (Fsp3) is 0.750. The molecule has 0 spiro atoms. The molecule has 1 aliphatic rings. The van der Waals surface area contributed by atoms with Crippen LogP contribution in [-0.2, 0) is 4.79 Å². The van der Waals surface area contributed by atoms with Crippen LogP contribution in [0.2, 0.25) is 0 Å². The third-order valence-electron chi connectivity index (χ3n) is 2.42. The minimum absolute atomic E-state index is 0.359. The number of carboxylic acid groups (broad SMARTS) is 1. The van der Waals surface area contributed by atoms with Crippen LogP contribution in [0.3, 0.4) is 0 Å². The number of primary amides is 1. The van der Waals surface area contributed by atoms with E-state index in [-0.39, 0.29) is 0 Å². The summed E-state index contributed by atoms with van der Waals surface area (Å²) in [5, 5.41) is 9.06. The van der Waals surface area contributed by atoms with Gasteiger partial charge in [-0.15, -0.1) is 11.8 Å².